The summed E-state index contributed by atoms with van der Waals surface area (Å²) in [5.74, 6) is 0. The predicted octanol–water partition coefficient (Wildman–Crippen LogP) is 11.0. The number of hydrogen-bond acceptors (Lipinski definition) is 2. The Morgan fingerprint density at radius 3 is 1.83 bits per heavy atom. The standard InChI is InChI=1S/C39H29NO/c1-39(2)33-21-13-12-20-30(33)31-24-32-36(25-34(31)39)41-38-35(23-22-29(37(32)38)26-14-6-3-7-15-26)40(27-16-8-4-9-17-27)28-18-10-5-11-19-28/h3-25H,1-2H3. The molecule has 0 fully saturated rings. The number of furan rings is 1. The topological polar surface area (TPSA) is 16.4 Å². The number of benzene rings is 6. The Labute approximate surface area is 240 Å². The summed E-state index contributed by atoms with van der Waals surface area (Å²) < 4.78 is 6.95. The average molecular weight is 528 g/mol. The minimum Gasteiger partial charge on any atom is -0.454 e. The van der Waals surface area contributed by atoms with Gasteiger partial charge in [-0.1, -0.05) is 111 Å². The Balaban J connectivity index is 1.48. The Kier molecular flexibility index (Phi) is 5.20. The van der Waals surface area contributed by atoms with Gasteiger partial charge in [-0.25, -0.2) is 0 Å². The summed E-state index contributed by atoms with van der Waals surface area (Å²) in [5.41, 5.74) is 12.6. The minimum atomic E-state index is -0.0930. The molecule has 0 amide bonds. The second-order valence-corrected chi connectivity index (χ2v) is 11.4. The van der Waals surface area contributed by atoms with Gasteiger partial charge in [0, 0.05) is 27.6 Å². The maximum absolute atomic E-state index is 6.95. The van der Waals surface area contributed by atoms with Crippen LogP contribution in [0.25, 0.3) is 44.2 Å². The summed E-state index contributed by atoms with van der Waals surface area (Å²) in [4.78, 5) is 2.30. The van der Waals surface area contributed by atoms with Crippen molar-refractivity contribution in [2.24, 2.45) is 0 Å². The highest BCUT2D eigenvalue weighted by atomic mass is 16.3. The van der Waals surface area contributed by atoms with Crippen LogP contribution in [0.15, 0.2) is 144 Å². The van der Waals surface area contributed by atoms with E-state index in [-0.39, 0.29) is 5.41 Å². The maximum atomic E-state index is 6.95. The highest BCUT2D eigenvalue weighted by Gasteiger charge is 2.36. The zero-order valence-electron chi connectivity index (χ0n) is 23.1. The van der Waals surface area contributed by atoms with Gasteiger partial charge in [0.25, 0.3) is 0 Å². The molecule has 0 atom stereocenters. The Hall–Kier alpha value is -5.08. The van der Waals surface area contributed by atoms with Crippen LogP contribution in [-0.2, 0) is 5.41 Å². The summed E-state index contributed by atoms with van der Waals surface area (Å²) in [5, 5.41) is 2.29. The molecule has 1 aromatic heterocycles. The van der Waals surface area contributed by atoms with Gasteiger partial charge in [-0.05, 0) is 75.8 Å². The summed E-state index contributed by atoms with van der Waals surface area (Å²) >= 11 is 0. The van der Waals surface area contributed by atoms with Gasteiger partial charge in [-0.15, -0.1) is 0 Å². The van der Waals surface area contributed by atoms with Gasteiger partial charge in [-0.3, -0.25) is 0 Å². The lowest BCUT2D eigenvalue weighted by molar-refractivity contribution is 0.647. The molecule has 2 nitrogen and oxygen atoms in total. The first-order valence-corrected chi connectivity index (χ1v) is 14.2. The fraction of sp³-hybridized carbons (Fsp3) is 0.0769. The number of anilines is 3. The molecule has 0 aliphatic heterocycles. The van der Waals surface area contributed by atoms with Gasteiger partial charge in [0.15, 0.2) is 5.58 Å². The average Bonchev–Trinajstić information content (AvgIpc) is 3.51. The molecule has 0 saturated carbocycles. The van der Waals surface area contributed by atoms with Crippen LogP contribution in [0.4, 0.5) is 17.1 Å². The number of hydrogen-bond donors (Lipinski definition) is 0. The SMILES string of the molecule is CC1(C)c2ccccc2-c2cc3c(cc21)oc1c(N(c2ccccc2)c2ccccc2)ccc(-c2ccccc2)c13. The molecule has 0 saturated heterocycles. The predicted molar refractivity (Wildman–Crippen MR) is 171 cm³/mol. The van der Waals surface area contributed by atoms with Crippen molar-refractivity contribution in [1.82, 2.24) is 0 Å². The van der Waals surface area contributed by atoms with Crippen molar-refractivity contribution in [3.63, 3.8) is 0 Å². The molecule has 8 rings (SSSR count). The smallest absolute Gasteiger partial charge is 0.160 e. The molecule has 0 spiro atoms. The van der Waals surface area contributed by atoms with Crippen LogP contribution >= 0.6 is 0 Å². The Morgan fingerprint density at radius 1 is 0.537 bits per heavy atom. The normalized spacial score (nSPS) is 13.3. The summed E-state index contributed by atoms with van der Waals surface area (Å²) in [6.45, 7) is 4.64. The van der Waals surface area contributed by atoms with E-state index < -0.39 is 0 Å². The number of nitrogens with zero attached hydrogens (tertiary/aromatic N) is 1. The van der Waals surface area contributed by atoms with Gasteiger partial charge in [-0.2, -0.15) is 0 Å². The fourth-order valence-electron chi connectivity index (χ4n) is 6.68. The molecule has 1 aliphatic carbocycles. The van der Waals surface area contributed by atoms with Gasteiger partial charge in [0.1, 0.15) is 5.58 Å². The van der Waals surface area contributed by atoms with Crippen molar-refractivity contribution in [3.8, 4) is 22.3 Å². The van der Waals surface area contributed by atoms with Crippen LogP contribution in [0.3, 0.4) is 0 Å². The molecule has 1 heterocycles. The number of rotatable bonds is 4. The van der Waals surface area contributed by atoms with E-state index in [1.165, 1.54) is 33.4 Å². The van der Waals surface area contributed by atoms with Crippen molar-refractivity contribution < 1.29 is 4.42 Å². The first-order valence-electron chi connectivity index (χ1n) is 14.2. The van der Waals surface area contributed by atoms with Crippen molar-refractivity contribution in [2.45, 2.75) is 19.3 Å². The first kappa shape index (κ1) is 23.8. The van der Waals surface area contributed by atoms with E-state index in [0.717, 1.165) is 39.0 Å². The third kappa shape index (κ3) is 3.57. The van der Waals surface area contributed by atoms with Crippen molar-refractivity contribution in [3.05, 3.63) is 151 Å². The lowest BCUT2D eigenvalue weighted by atomic mass is 9.82. The molecular formula is C39H29NO. The van der Waals surface area contributed by atoms with E-state index in [0.29, 0.717) is 0 Å². The molecule has 0 bridgehead atoms. The molecular weight excluding hydrogens is 498 g/mol. The number of fused-ring (bicyclic) bond motifs is 6. The largest absolute Gasteiger partial charge is 0.454 e. The summed E-state index contributed by atoms with van der Waals surface area (Å²) in [7, 11) is 0. The quantitative estimate of drug-likeness (QED) is 0.226. The highest BCUT2D eigenvalue weighted by molar-refractivity contribution is 6.18. The zero-order chi connectivity index (χ0) is 27.6. The molecule has 6 aromatic carbocycles. The van der Waals surface area contributed by atoms with Crippen molar-refractivity contribution in [1.29, 1.82) is 0 Å². The van der Waals surface area contributed by atoms with Crippen LogP contribution < -0.4 is 4.90 Å². The van der Waals surface area contributed by atoms with E-state index in [2.05, 4.69) is 158 Å². The second kappa shape index (κ2) is 8.97. The molecule has 7 aromatic rings. The fourth-order valence-corrected chi connectivity index (χ4v) is 6.68. The van der Waals surface area contributed by atoms with Crippen molar-refractivity contribution in [2.75, 3.05) is 4.90 Å². The maximum Gasteiger partial charge on any atom is 0.160 e. The molecule has 0 radical (unpaired) electrons. The molecule has 196 valence electrons. The second-order valence-electron chi connectivity index (χ2n) is 11.4. The van der Waals surface area contributed by atoms with E-state index in [1.54, 1.807) is 0 Å². The van der Waals surface area contributed by atoms with E-state index in [9.17, 15) is 0 Å². The lowest BCUT2D eigenvalue weighted by Gasteiger charge is -2.25. The lowest BCUT2D eigenvalue weighted by Crippen LogP contribution is -2.14. The number of para-hydroxylation sites is 2. The van der Waals surface area contributed by atoms with E-state index in [4.69, 9.17) is 4.42 Å². The molecule has 2 heteroatoms. The molecule has 0 N–H and O–H groups in total. The van der Waals surface area contributed by atoms with Crippen LogP contribution in [0.2, 0.25) is 0 Å². The van der Waals surface area contributed by atoms with Gasteiger partial charge in [0.05, 0.1) is 5.69 Å². The zero-order valence-corrected chi connectivity index (χ0v) is 23.1. The molecule has 1 aliphatic rings. The van der Waals surface area contributed by atoms with Gasteiger partial charge >= 0.3 is 0 Å². The molecule has 0 unspecified atom stereocenters. The van der Waals surface area contributed by atoms with E-state index >= 15 is 0 Å². The van der Waals surface area contributed by atoms with Gasteiger partial charge in [0.2, 0.25) is 0 Å². The van der Waals surface area contributed by atoms with Crippen LogP contribution in [0, 0.1) is 0 Å². The van der Waals surface area contributed by atoms with Crippen LogP contribution in [0.1, 0.15) is 25.0 Å². The highest BCUT2D eigenvalue weighted by Crippen LogP contribution is 2.52. The van der Waals surface area contributed by atoms with Crippen LogP contribution in [-0.4, -0.2) is 0 Å². The Bertz CT molecular complexity index is 2010. The third-order valence-corrected chi connectivity index (χ3v) is 8.66. The first-order chi connectivity index (χ1) is 20.1. The monoisotopic (exact) mass is 527 g/mol. The third-order valence-electron chi connectivity index (χ3n) is 8.66. The minimum absolute atomic E-state index is 0.0930. The Morgan fingerprint density at radius 2 is 1.15 bits per heavy atom. The molecule has 41 heavy (non-hydrogen) atoms. The summed E-state index contributed by atoms with van der Waals surface area (Å²) in [6.07, 6.45) is 0. The van der Waals surface area contributed by atoms with Crippen LogP contribution in [0.5, 0.6) is 0 Å². The van der Waals surface area contributed by atoms with Gasteiger partial charge < -0.3 is 9.32 Å². The van der Waals surface area contributed by atoms with Crippen molar-refractivity contribution >= 4 is 39.0 Å². The van der Waals surface area contributed by atoms with E-state index in [1.807, 2.05) is 0 Å². The summed E-state index contributed by atoms with van der Waals surface area (Å²) in [6, 6.07) is 49.7.